The second-order valence-corrected chi connectivity index (χ2v) is 5.56. The molecule has 4 nitrogen and oxygen atoms in total. The number of ether oxygens (including phenoxy) is 2. The molecule has 126 valence electrons. The first-order valence-corrected chi connectivity index (χ1v) is 8.28. The van der Waals surface area contributed by atoms with Gasteiger partial charge in [0.25, 0.3) is 0 Å². The Bertz CT molecular complexity index is 530. The first-order chi connectivity index (χ1) is 11.2. The van der Waals surface area contributed by atoms with Crippen LogP contribution in [0.1, 0.15) is 46.5 Å². The predicted molar refractivity (Wildman–Crippen MR) is 94.4 cm³/mol. The molecule has 0 saturated carbocycles. The first-order valence-electron chi connectivity index (χ1n) is 8.28. The Morgan fingerprint density at radius 3 is 2.61 bits per heavy atom. The third-order valence-electron chi connectivity index (χ3n) is 3.94. The highest BCUT2D eigenvalue weighted by atomic mass is 16.5. The molecule has 1 rings (SSSR count). The fourth-order valence-electron chi connectivity index (χ4n) is 2.51. The molecule has 0 amide bonds. The summed E-state index contributed by atoms with van der Waals surface area (Å²) in [5.74, 6) is 0.675. The minimum Gasteiger partial charge on any atom is -0.489 e. The van der Waals surface area contributed by atoms with Gasteiger partial charge in [0, 0.05) is 26.1 Å². The zero-order valence-electron chi connectivity index (χ0n) is 14.8. The van der Waals surface area contributed by atoms with Gasteiger partial charge in [-0.1, -0.05) is 18.6 Å². The summed E-state index contributed by atoms with van der Waals surface area (Å²) in [5.41, 5.74) is 3.04. The van der Waals surface area contributed by atoms with Crippen LogP contribution in [0.2, 0.25) is 0 Å². The van der Waals surface area contributed by atoms with Crippen LogP contribution in [0.15, 0.2) is 39.6 Å². The van der Waals surface area contributed by atoms with Gasteiger partial charge in [0.2, 0.25) is 0 Å². The molecule has 1 saturated heterocycles. The largest absolute Gasteiger partial charge is 0.489 e. The standard InChI is InChI=1S/C19H28N2O2/c1-5-16(14-21-4)15(3)7-8-17(13-20)19(6-2)23-18-9-11-22-12-10-18/h6,8,14,18H,5,7,9-12H2,1-4H3/b16-15+,17-8-,19-6+,21-14-. The van der Waals surface area contributed by atoms with Crippen molar-refractivity contribution in [1.29, 1.82) is 5.26 Å². The normalized spacial score (nSPS) is 18.7. The zero-order valence-corrected chi connectivity index (χ0v) is 14.8. The summed E-state index contributed by atoms with van der Waals surface area (Å²) in [6.45, 7) is 7.56. The van der Waals surface area contributed by atoms with Gasteiger partial charge in [-0.15, -0.1) is 0 Å². The van der Waals surface area contributed by atoms with E-state index in [9.17, 15) is 5.26 Å². The number of allylic oxidation sites excluding steroid dienone is 5. The van der Waals surface area contributed by atoms with E-state index in [1.54, 1.807) is 7.05 Å². The van der Waals surface area contributed by atoms with Gasteiger partial charge in [-0.25, -0.2) is 0 Å². The fourth-order valence-corrected chi connectivity index (χ4v) is 2.51. The monoisotopic (exact) mass is 316 g/mol. The average molecular weight is 316 g/mol. The van der Waals surface area contributed by atoms with Gasteiger partial charge >= 0.3 is 0 Å². The van der Waals surface area contributed by atoms with Crippen molar-refractivity contribution in [2.24, 2.45) is 4.99 Å². The van der Waals surface area contributed by atoms with Crippen molar-refractivity contribution in [2.45, 2.75) is 52.6 Å². The highest BCUT2D eigenvalue weighted by Gasteiger charge is 2.17. The highest BCUT2D eigenvalue weighted by Crippen LogP contribution is 2.21. The van der Waals surface area contributed by atoms with Crippen LogP contribution in [0.5, 0.6) is 0 Å². The molecule has 1 aliphatic heterocycles. The van der Waals surface area contributed by atoms with Crippen LogP contribution in [-0.2, 0) is 9.47 Å². The molecule has 0 atom stereocenters. The van der Waals surface area contributed by atoms with Gasteiger partial charge in [-0.05, 0) is 38.3 Å². The zero-order chi connectivity index (χ0) is 17.1. The number of nitrogens with zero attached hydrogens (tertiary/aromatic N) is 2. The number of aliphatic imine (C=N–C) groups is 1. The maximum Gasteiger partial charge on any atom is 0.132 e. The predicted octanol–water partition coefficient (Wildman–Crippen LogP) is 4.35. The van der Waals surface area contributed by atoms with Crippen LogP contribution < -0.4 is 0 Å². The Labute approximate surface area is 140 Å². The van der Waals surface area contributed by atoms with Gasteiger partial charge in [-0.3, -0.25) is 4.99 Å². The van der Waals surface area contributed by atoms with E-state index in [0.29, 0.717) is 11.3 Å². The summed E-state index contributed by atoms with van der Waals surface area (Å²) >= 11 is 0. The lowest BCUT2D eigenvalue weighted by Gasteiger charge is -2.24. The summed E-state index contributed by atoms with van der Waals surface area (Å²) in [4.78, 5) is 4.09. The second kappa shape index (κ2) is 10.8. The molecule has 0 aromatic carbocycles. The Kier molecular flexibility index (Phi) is 9.01. The van der Waals surface area contributed by atoms with Crippen LogP contribution in [0.3, 0.4) is 0 Å². The molecule has 0 aliphatic carbocycles. The van der Waals surface area contributed by atoms with E-state index >= 15 is 0 Å². The molecule has 0 radical (unpaired) electrons. The van der Waals surface area contributed by atoms with E-state index < -0.39 is 0 Å². The third kappa shape index (κ3) is 6.42. The van der Waals surface area contributed by atoms with Gasteiger partial charge in [0.1, 0.15) is 17.9 Å². The number of rotatable bonds is 7. The second-order valence-electron chi connectivity index (χ2n) is 5.56. The van der Waals surface area contributed by atoms with Crippen LogP contribution in [0, 0.1) is 11.3 Å². The van der Waals surface area contributed by atoms with Crippen molar-refractivity contribution < 1.29 is 9.47 Å². The third-order valence-corrected chi connectivity index (χ3v) is 3.94. The Morgan fingerprint density at radius 2 is 2.09 bits per heavy atom. The van der Waals surface area contributed by atoms with Crippen molar-refractivity contribution in [2.75, 3.05) is 20.3 Å². The lowest BCUT2D eigenvalue weighted by Crippen LogP contribution is -2.23. The Balaban J connectivity index is 2.81. The van der Waals surface area contributed by atoms with E-state index in [1.807, 2.05) is 25.3 Å². The van der Waals surface area contributed by atoms with Crippen molar-refractivity contribution in [3.8, 4) is 6.07 Å². The van der Waals surface area contributed by atoms with E-state index in [1.165, 1.54) is 11.1 Å². The summed E-state index contributed by atoms with van der Waals surface area (Å²) < 4.78 is 11.4. The summed E-state index contributed by atoms with van der Waals surface area (Å²) in [5, 5.41) is 9.46. The minimum absolute atomic E-state index is 0.141. The molecule has 0 unspecified atom stereocenters. The van der Waals surface area contributed by atoms with Crippen molar-refractivity contribution in [3.63, 3.8) is 0 Å². The van der Waals surface area contributed by atoms with Gasteiger partial charge in [0.15, 0.2) is 0 Å². The van der Waals surface area contributed by atoms with E-state index in [4.69, 9.17) is 9.47 Å². The smallest absolute Gasteiger partial charge is 0.132 e. The summed E-state index contributed by atoms with van der Waals surface area (Å²) in [6.07, 6.45) is 9.28. The lowest BCUT2D eigenvalue weighted by atomic mass is 10.0. The maximum atomic E-state index is 9.46. The molecular weight excluding hydrogens is 288 g/mol. The molecule has 0 spiro atoms. The molecule has 0 aromatic rings. The average Bonchev–Trinajstić information content (AvgIpc) is 2.59. The molecule has 1 fully saturated rings. The quantitative estimate of drug-likeness (QED) is 0.303. The molecular formula is C19H28N2O2. The molecule has 4 heteroatoms. The molecule has 0 aromatic heterocycles. The van der Waals surface area contributed by atoms with Crippen molar-refractivity contribution in [1.82, 2.24) is 0 Å². The van der Waals surface area contributed by atoms with Crippen LogP contribution in [-0.4, -0.2) is 32.6 Å². The SMILES string of the molecule is C/C=C(OC1CCOCC1)\C(C#N)=C/C/C(C)=C(/C=N\C)CC. The van der Waals surface area contributed by atoms with Crippen molar-refractivity contribution in [3.05, 3.63) is 34.6 Å². The number of hydrogen-bond acceptors (Lipinski definition) is 4. The molecule has 0 N–H and O–H groups in total. The number of hydrogen-bond donors (Lipinski definition) is 0. The molecule has 1 aliphatic rings. The number of nitriles is 1. The first kappa shape index (κ1) is 19.2. The topological polar surface area (TPSA) is 54.6 Å². The van der Waals surface area contributed by atoms with Gasteiger partial charge in [0.05, 0.1) is 18.8 Å². The van der Waals surface area contributed by atoms with Crippen molar-refractivity contribution >= 4 is 6.21 Å². The van der Waals surface area contributed by atoms with E-state index in [0.717, 1.165) is 38.9 Å². The lowest BCUT2D eigenvalue weighted by molar-refractivity contribution is -0.00148. The van der Waals surface area contributed by atoms with Gasteiger partial charge < -0.3 is 9.47 Å². The van der Waals surface area contributed by atoms with E-state index in [2.05, 4.69) is 24.9 Å². The summed E-state index contributed by atoms with van der Waals surface area (Å²) in [7, 11) is 1.78. The van der Waals surface area contributed by atoms with E-state index in [-0.39, 0.29) is 6.10 Å². The van der Waals surface area contributed by atoms with Crippen LogP contribution >= 0.6 is 0 Å². The minimum atomic E-state index is 0.141. The Morgan fingerprint density at radius 1 is 1.39 bits per heavy atom. The maximum absolute atomic E-state index is 9.46. The highest BCUT2D eigenvalue weighted by molar-refractivity contribution is 5.79. The Hall–Kier alpha value is -1.86. The summed E-state index contributed by atoms with van der Waals surface area (Å²) in [6, 6.07) is 2.27. The van der Waals surface area contributed by atoms with Gasteiger partial charge in [-0.2, -0.15) is 5.26 Å². The molecule has 1 heterocycles. The molecule has 0 bridgehead atoms. The van der Waals surface area contributed by atoms with Crippen LogP contribution in [0.4, 0.5) is 0 Å². The fraction of sp³-hybridized carbons (Fsp3) is 0.579. The van der Waals surface area contributed by atoms with Crippen LogP contribution in [0.25, 0.3) is 0 Å². The molecule has 23 heavy (non-hydrogen) atoms.